The molecule has 58 valence electrons. The zero-order valence-corrected chi connectivity index (χ0v) is 6.96. The minimum atomic E-state index is -0.392. The lowest BCUT2D eigenvalue weighted by Crippen LogP contribution is -2.15. The number of rotatable bonds is 3. The maximum Gasteiger partial charge on any atom is 0.0804 e. The van der Waals surface area contributed by atoms with Crippen LogP contribution in [0.5, 0.6) is 0 Å². The second kappa shape index (κ2) is 4.29. The van der Waals surface area contributed by atoms with E-state index in [9.17, 15) is 5.11 Å². The molecule has 0 rings (SSSR count). The Morgan fingerprint density at radius 2 is 2.10 bits per heavy atom. The van der Waals surface area contributed by atoms with Crippen LogP contribution >= 0.6 is 0 Å². The van der Waals surface area contributed by atoms with Gasteiger partial charge in [-0.2, -0.15) is 0 Å². The second-order valence-electron chi connectivity index (χ2n) is 2.68. The summed E-state index contributed by atoms with van der Waals surface area (Å²) in [6, 6.07) is 0. The quantitative estimate of drug-likeness (QED) is 0.595. The van der Waals surface area contributed by atoms with E-state index in [2.05, 4.69) is 6.58 Å². The molecule has 0 aliphatic rings. The van der Waals surface area contributed by atoms with Gasteiger partial charge in [0.1, 0.15) is 0 Å². The molecule has 0 heterocycles. The lowest BCUT2D eigenvalue weighted by Gasteiger charge is -2.14. The van der Waals surface area contributed by atoms with E-state index in [4.69, 9.17) is 0 Å². The van der Waals surface area contributed by atoms with Crippen molar-refractivity contribution < 1.29 is 5.11 Å². The summed E-state index contributed by atoms with van der Waals surface area (Å²) in [7, 11) is 0. The van der Waals surface area contributed by atoms with Crippen LogP contribution in [0.4, 0.5) is 0 Å². The third kappa shape index (κ3) is 2.83. The topological polar surface area (TPSA) is 20.2 Å². The van der Waals surface area contributed by atoms with Crippen molar-refractivity contribution in [2.24, 2.45) is 5.92 Å². The smallest absolute Gasteiger partial charge is 0.0804 e. The first-order valence-corrected chi connectivity index (χ1v) is 3.56. The molecule has 0 spiro atoms. The van der Waals surface area contributed by atoms with Crippen molar-refractivity contribution in [2.75, 3.05) is 0 Å². The van der Waals surface area contributed by atoms with E-state index in [-0.39, 0.29) is 5.92 Å². The van der Waals surface area contributed by atoms with Gasteiger partial charge in [0.25, 0.3) is 0 Å². The molecular weight excluding hydrogens is 124 g/mol. The first kappa shape index (κ1) is 9.44. The van der Waals surface area contributed by atoms with E-state index < -0.39 is 6.10 Å². The number of aliphatic hydroxyl groups is 1. The Morgan fingerprint density at radius 3 is 2.40 bits per heavy atom. The molecule has 0 amide bonds. The van der Waals surface area contributed by atoms with Crippen LogP contribution in [0.25, 0.3) is 0 Å². The minimum Gasteiger partial charge on any atom is -0.388 e. The van der Waals surface area contributed by atoms with Crippen LogP contribution in [0.1, 0.15) is 20.8 Å². The zero-order valence-electron chi connectivity index (χ0n) is 6.96. The fourth-order valence-corrected chi connectivity index (χ4v) is 0.858. The maximum atomic E-state index is 9.38. The van der Waals surface area contributed by atoms with Crippen molar-refractivity contribution >= 4 is 0 Å². The zero-order chi connectivity index (χ0) is 8.15. The molecule has 0 aromatic heterocycles. The SMILES string of the molecule is C=C(C)C(O)C(C)/C=C/C. The van der Waals surface area contributed by atoms with E-state index in [1.807, 2.05) is 32.9 Å². The van der Waals surface area contributed by atoms with Crippen LogP contribution in [0.2, 0.25) is 0 Å². The van der Waals surface area contributed by atoms with Gasteiger partial charge >= 0.3 is 0 Å². The predicted octanol–water partition coefficient (Wildman–Crippen LogP) is 2.14. The van der Waals surface area contributed by atoms with Gasteiger partial charge in [0.05, 0.1) is 6.10 Å². The van der Waals surface area contributed by atoms with Crippen molar-refractivity contribution in [1.29, 1.82) is 0 Å². The Bertz CT molecular complexity index is 136. The van der Waals surface area contributed by atoms with Crippen molar-refractivity contribution in [3.63, 3.8) is 0 Å². The third-order valence-electron chi connectivity index (χ3n) is 1.50. The fraction of sp³-hybridized carbons (Fsp3) is 0.556. The minimum absolute atomic E-state index is 0.183. The maximum absolute atomic E-state index is 9.38. The van der Waals surface area contributed by atoms with Crippen LogP contribution < -0.4 is 0 Å². The van der Waals surface area contributed by atoms with Gasteiger partial charge in [0, 0.05) is 5.92 Å². The highest BCUT2D eigenvalue weighted by atomic mass is 16.3. The van der Waals surface area contributed by atoms with Crippen molar-refractivity contribution in [2.45, 2.75) is 26.9 Å². The molecule has 0 radical (unpaired) electrons. The highest BCUT2D eigenvalue weighted by Gasteiger charge is 2.10. The summed E-state index contributed by atoms with van der Waals surface area (Å²) in [6.45, 7) is 9.43. The standard InChI is InChI=1S/C9H16O/c1-5-6-8(4)9(10)7(2)3/h5-6,8-10H,2H2,1,3-4H3/b6-5+. The van der Waals surface area contributed by atoms with Gasteiger partial charge in [-0.3, -0.25) is 0 Å². The van der Waals surface area contributed by atoms with E-state index in [1.54, 1.807) is 0 Å². The normalized spacial score (nSPS) is 17.2. The number of hydrogen-bond acceptors (Lipinski definition) is 1. The third-order valence-corrected chi connectivity index (χ3v) is 1.50. The summed E-state index contributed by atoms with van der Waals surface area (Å²) in [6.07, 6.45) is 3.52. The number of aliphatic hydroxyl groups excluding tert-OH is 1. The highest BCUT2D eigenvalue weighted by molar-refractivity contribution is 5.03. The van der Waals surface area contributed by atoms with E-state index in [0.29, 0.717) is 0 Å². The Morgan fingerprint density at radius 1 is 1.60 bits per heavy atom. The summed E-state index contributed by atoms with van der Waals surface area (Å²) in [4.78, 5) is 0. The molecule has 0 aromatic carbocycles. The summed E-state index contributed by atoms with van der Waals surface area (Å²) in [5.74, 6) is 0.183. The predicted molar refractivity (Wildman–Crippen MR) is 44.8 cm³/mol. The van der Waals surface area contributed by atoms with Gasteiger partial charge in [-0.15, -0.1) is 0 Å². The van der Waals surface area contributed by atoms with Crippen molar-refractivity contribution in [1.82, 2.24) is 0 Å². The molecule has 0 aromatic rings. The Balaban J connectivity index is 3.93. The van der Waals surface area contributed by atoms with Gasteiger partial charge in [-0.25, -0.2) is 0 Å². The summed E-state index contributed by atoms with van der Waals surface area (Å²) < 4.78 is 0. The molecule has 0 saturated carbocycles. The average molecular weight is 140 g/mol. The first-order valence-electron chi connectivity index (χ1n) is 3.56. The Hall–Kier alpha value is -0.560. The first-order chi connectivity index (χ1) is 4.59. The van der Waals surface area contributed by atoms with Gasteiger partial charge in [0.15, 0.2) is 0 Å². The monoisotopic (exact) mass is 140 g/mol. The molecule has 0 fully saturated rings. The molecule has 1 N–H and O–H groups in total. The highest BCUT2D eigenvalue weighted by Crippen LogP contribution is 2.11. The van der Waals surface area contributed by atoms with E-state index in [1.165, 1.54) is 0 Å². The molecule has 10 heavy (non-hydrogen) atoms. The van der Waals surface area contributed by atoms with Crippen molar-refractivity contribution in [3.05, 3.63) is 24.3 Å². The van der Waals surface area contributed by atoms with Crippen LogP contribution in [0, 0.1) is 5.92 Å². The molecule has 2 unspecified atom stereocenters. The van der Waals surface area contributed by atoms with Crippen LogP contribution in [-0.2, 0) is 0 Å². The molecule has 0 bridgehead atoms. The lowest BCUT2D eigenvalue weighted by molar-refractivity contribution is 0.173. The van der Waals surface area contributed by atoms with Crippen LogP contribution in [0.15, 0.2) is 24.3 Å². The summed E-state index contributed by atoms with van der Waals surface area (Å²) >= 11 is 0. The van der Waals surface area contributed by atoms with Gasteiger partial charge in [-0.05, 0) is 13.8 Å². The molecule has 2 atom stereocenters. The molecule has 0 aliphatic carbocycles. The molecular formula is C9H16O. The van der Waals surface area contributed by atoms with Crippen molar-refractivity contribution in [3.8, 4) is 0 Å². The molecule has 1 heteroatoms. The van der Waals surface area contributed by atoms with E-state index in [0.717, 1.165) is 5.57 Å². The van der Waals surface area contributed by atoms with Gasteiger partial charge < -0.3 is 5.11 Å². The number of allylic oxidation sites excluding steroid dienone is 1. The molecule has 1 nitrogen and oxygen atoms in total. The number of hydrogen-bond donors (Lipinski definition) is 1. The van der Waals surface area contributed by atoms with Gasteiger partial charge in [-0.1, -0.05) is 31.2 Å². The van der Waals surface area contributed by atoms with Crippen LogP contribution in [0.3, 0.4) is 0 Å². The van der Waals surface area contributed by atoms with E-state index >= 15 is 0 Å². The second-order valence-corrected chi connectivity index (χ2v) is 2.68. The average Bonchev–Trinajstić information content (AvgIpc) is 1.87. The fourth-order valence-electron chi connectivity index (χ4n) is 0.858. The summed E-state index contributed by atoms with van der Waals surface area (Å²) in [5, 5.41) is 9.38. The Kier molecular flexibility index (Phi) is 4.05. The molecule has 0 aliphatic heterocycles. The molecule has 0 saturated heterocycles. The van der Waals surface area contributed by atoms with Gasteiger partial charge in [0.2, 0.25) is 0 Å². The largest absolute Gasteiger partial charge is 0.388 e. The Labute approximate surface area is 63.1 Å². The van der Waals surface area contributed by atoms with Crippen LogP contribution in [-0.4, -0.2) is 11.2 Å². The lowest BCUT2D eigenvalue weighted by atomic mass is 9.99. The summed E-state index contributed by atoms with van der Waals surface area (Å²) in [5.41, 5.74) is 0.825.